The van der Waals surface area contributed by atoms with Gasteiger partial charge in [0.25, 0.3) is 5.91 Å². The molecule has 0 spiro atoms. The number of nitrogens with zero attached hydrogens (tertiary/aromatic N) is 2. The number of amides is 3. The number of rotatable bonds is 13. The van der Waals surface area contributed by atoms with Crippen LogP contribution in [0.2, 0.25) is 0 Å². The molecule has 7 heteroatoms. The molecule has 0 radical (unpaired) electrons. The quantitative estimate of drug-likeness (QED) is 0.350. The van der Waals surface area contributed by atoms with Gasteiger partial charge in [-0.25, -0.2) is 4.99 Å². The second kappa shape index (κ2) is 13.7. The molecule has 3 N–H and O–H groups in total. The van der Waals surface area contributed by atoms with Crippen molar-refractivity contribution in [2.24, 2.45) is 34.4 Å². The van der Waals surface area contributed by atoms with E-state index < -0.39 is 23.9 Å². The van der Waals surface area contributed by atoms with Crippen molar-refractivity contribution in [3.8, 4) is 0 Å². The molecule has 2 aromatic rings. The van der Waals surface area contributed by atoms with Crippen LogP contribution in [0.4, 0.5) is 5.69 Å². The number of nitrogens with two attached hydrogens (primary N) is 1. The van der Waals surface area contributed by atoms with Crippen LogP contribution >= 0.6 is 0 Å². The Morgan fingerprint density at radius 3 is 2.38 bits per heavy atom. The van der Waals surface area contributed by atoms with Gasteiger partial charge in [-0.15, -0.1) is 0 Å². The van der Waals surface area contributed by atoms with Crippen molar-refractivity contribution in [3.05, 3.63) is 65.7 Å². The summed E-state index contributed by atoms with van der Waals surface area (Å²) in [6.45, 7) is 6.68. The molecular weight excluding hydrogens is 500 g/mol. The number of nitrogens with one attached hydrogen (secondary N) is 1. The van der Waals surface area contributed by atoms with Crippen molar-refractivity contribution >= 4 is 29.1 Å². The van der Waals surface area contributed by atoms with Crippen molar-refractivity contribution in [1.29, 1.82) is 0 Å². The smallest absolute Gasteiger partial charge is 0.272 e. The Labute approximate surface area is 238 Å². The van der Waals surface area contributed by atoms with Crippen LogP contribution < -0.4 is 16.0 Å². The van der Waals surface area contributed by atoms with Crippen molar-refractivity contribution in [3.63, 3.8) is 0 Å². The minimum absolute atomic E-state index is 0.177. The number of benzene rings is 2. The van der Waals surface area contributed by atoms with Crippen LogP contribution in [0.3, 0.4) is 0 Å². The molecular formula is C33H44N4O3. The molecule has 3 atom stereocenters. The van der Waals surface area contributed by atoms with E-state index in [1.807, 2.05) is 68.4 Å². The number of fused-ring (bicyclic) bond motifs is 1. The average Bonchev–Trinajstić information content (AvgIpc) is 3.02. The van der Waals surface area contributed by atoms with E-state index in [1.165, 1.54) is 19.3 Å². The molecule has 0 bridgehead atoms. The van der Waals surface area contributed by atoms with Crippen LogP contribution in [0.5, 0.6) is 0 Å². The second-order valence-electron chi connectivity index (χ2n) is 11.7. The zero-order valence-electron chi connectivity index (χ0n) is 24.1. The highest BCUT2D eigenvalue weighted by Crippen LogP contribution is 2.33. The molecule has 0 aromatic heterocycles. The molecule has 0 saturated heterocycles. The second-order valence-corrected chi connectivity index (χ2v) is 11.7. The van der Waals surface area contributed by atoms with E-state index >= 15 is 0 Å². The molecule has 1 unspecified atom stereocenters. The van der Waals surface area contributed by atoms with Crippen LogP contribution in [0.15, 0.2) is 59.6 Å². The van der Waals surface area contributed by atoms with E-state index in [-0.39, 0.29) is 17.7 Å². The van der Waals surface area contributed by atoms with Crippen LogP contribution in [0, 0.1) is 23.7 Å². The molecule has 3 amide bonds. The lowest BCUT2D eigenvalue weighted by Crippen LogP contribution is -2.51. The van der Waals surface area contributed by atoms with Gasteiger partial charge in [-0.3, -0.25) is 14.4 Å². The van der Waals surface area contributed by atoms with Crippen LogP contribution in [-0.2, 0) is 14.4 Å². The van der Waals surface area contributed by atoms with Crippen LogP contribution in [0.1, 0.15) is 83.3 Å². The molecule has 40 heavy (non-hydrogen) atoms. The summed E-state index contributed by atoms with van der Waals surface area (Å²) < 4.78 is 0. The first kappa shape index (κ1) is 29.5. The number of carbonyl (C=O) groups is 3. The predicted molar refractivity (Wildman–Crippen MR) is 160 cm³/mol. The van der Waals surface area contributed by atoms with Crippen LogP contribution in [-0.4, -0.2) is 36.1 Å². The molecule has 1 heterocycles. The molecule has 2 aromatic carbocycles. The minimum atomic E-state index is -1.11. The monoisotopic (exact) mass is 544 g/mol. The summed E-state index contributed by atoms with van der Waals surface area (Å²) in [7, 11) is 0. The molecule has 1 saturated carbocycles. The largest absolute Gasteiger partial charge is 0.369 e. The number of hydrogen-bond acceptors (Lipinski definition) is 4. The number of benzodiazepines with no additional fused rings is 1. The van der Waals surface area contributed by atoms with E-state index in [4.69, 9.17) is 10.7 Å². The number of unbranched alkanes of at least 4 members (excludes halogenated alkanes) is 1. The van der Waals surface area contributed by atoms with Crippen LogP contribution in [0.25, 0.3) is 0 Å². The summed E-state index contributed by atoms with van der Waals surface area (Å²) in [6, 6.07) is 17.6. The first-order chi connectivity index (χ1) is 19.3. The van der Waals surface area contributed by atoms with Gasteiger partial charge < -0.3 is 16.0 Å². The lowest BCUT2D eigenvalue weighted by atomic mass is 9.81. The average molecular weight is 545 g/mol. The summed E-state index contributed by atoms with van der Waals surface area (Å²) in [5.41, 5.74) is 9.03. The molecule has 1 aliphatic carbocycles. The van der Waals surface area contributed by atoms with Crippen molar-refractivity contribution in [1.82, 2.24) is 5.32 Å². The fourth-order valence-electron chi connectivity index (χ4n) is 5.84. The lowest BCUT2D eigenvalue weighted by molar-refractivity contribution is -0.136. The third kappa shape index (κ3) is 6.98. The topological polar surface area (TPSA) is 105 Å². The number of primary amides is 1. The Hall–Kier alpha value is -3.48. The fraction of sp³-hybridized carbons (Fsp3) is 0.515. The lowest BCUT2D eigenvalue weighted by Gasteiger charge is -2.31. The normalized spacial score (nSPS) is 18.8. The number of para-hydroxylation sites is 1. The first-order valence-electron chi connectivity index (χ1n) is 14.9. The third-order valence-electron chi connectivity index (χ3n) is 8.30. The van der Waals surface area contributed by atoms with Gasteiger partial charge in [-0.05, 0) is 37.2 Å². The zero-order chi connectivity index (χ0) is 28.6. The van der Waals surface area contributed by atoms with Gasteiger partial charge in [0, 0.05) is 29.5 Å². The van der Waals surface area contributed by atoms with E-state index in [0.717, 1.165) is 36.1 Å². The van der Waals surface area contributed by atoms with Crippen molar-refractivity contribution in [2.75, 3.05) is 11.4 Å². The molecule has 1 aliphatic heterocycles. The highest BCUT2D eigenvalue weighted by Gasteiger charge is 2.38. The maximum absolute atomic E-state index is 14.2. The zero-order valence-corrected chi connectivity index (χ0v) is 24.1. The highest BCUT2D eigenvalue weighted by molar-refractivity contribution is 6.20. The summed E-state index contributed by atoms with van der Waals surface area (Å²) in [5.74, 6) is -1.48. The molecule has 1 fully saturated rings. The Bertz CT molecular complexity index is 1210. The standard InChI is InChI=1S/C33H44N4O3/c1-4-5-16-25(30(34)38)27(21-22(2)3)32(39)36-31-33(40)37(20-19-23-12-11-13-23)28-18-10-9-17-26(28)29(35-31)24-14-7-6-8-15-24/h6-10,14-15,17-18,22-23,25,27,31H,4-5,11-13,16,19-21H2,1-3H3,(H2,34,38)(H,36,39)/t25-,27+,31?/m0/s1. The minimum Gasteiger partial charge on any atom is -0.369 e. The fourth-order valence-corrected chi connectivity index (χ4v) is 5.84. The van der Waals surface area contributed by atoms with Gasteiger partial charge in [0.1, 0.15) is 0 Å². The summed E-state index contributed by atoms with van der Waals surface area (Å²) in [6.07, 6.45) is 6.20. The summed E-state index contributed by atoms with van der Waals surface area (Å²) in [5, 5.41) is 2.98. The third-order valence-corrected chi connectivity index (χ3v) is 8.30. The summed E-state index contributed by atoms with van der Waals surface area (Å²) in [4.78, 5) is 47.3. The number of carbonyl (C=O) groups excluding carboxylic acids is 3. The van der Waals surface area contributed by atoms with Crippen molar-refractivity contribution < 1.29 is 14.4 Å². The van der Waals surface area contributed by atoms with Gasteiger partial charge in [0.05, 0.1) is 11.4 Å². The Balaban J connectivity index is 1.72. The highest BCUT2D eigenvalue weighted by atomic mass is 16.2. The van der Waals surface area contributed by atoms with Gasteiger partial charge in [-0.1, -0.05) is 101 Å². The Morgan fingerprint density at radius 2 is 1.75 bits per heavy atom. The van der Waals surface area contributed by atoms with E-state index in [2.05, 4.69) is 12.2 Å². The Morgan fingerprint density at radius 1 is 1.05 bits per heavy atom. The molecule has 214 valence electrons. The number of anilines is 1. The first-order valence-corrected chi connectivity index (χ1v) is 14.9. The van der Waals surface area contributed by atoms with Crippen molar-refractivity contribution in [2.45, 2.75) is 78.3 Å². The molecule has 4 rings (SSSR count). The maximum Gasteiger partial charge on any atom is 0.272 e. The van der Waals surface area contributed by atoms with E-state index in [1.54, 1.807) is 4.90 Å². The SMILES string of the molecule is CCCC[C@H](C(N)=O)[C@@H](CC(C)C)C(=O)NC1N=C(c2ccccc2)c2ccccc2N(CCC2CCC2)C1=O. The summed E-state index contributed by atoms with van der Waals surface area (Å²) >= 11 is 0. The number of hydrogen-bond donors (Lipinski definition) is 2. The Kier molecular flexibility index (Phi) is 10.1. The van der Waals surface area contributed by atoms with Gasteiger partial charge >= 0.3 is 0 Å². The molecule has 7 nitrogen and oxygen atoms in total. The predicted octanol–water partition coefficient (Wildman–Crippen LogP) is 5.46. The van der Waals surface area contributed by atoms with Gasteiger partial charge in [-0.2, -0.15) is 0 Å². The van der Waals surface area contributed by atoms with E-state index in [0.29, 0.717) is 31.0 Å². The maximum atomic E-state index is 14.2. The molecule has 2 aliphatic rings. The van der Waals surface area contributed by atoms with Gasteiger partial charge in [0.2, 0.25) is 18.0 Å². The van der Waals surface area contributed by atoms with E-state index in [9.17, 15) is 14.4 Å². The van der Waals surface area contributed by atoms with Gasteiger partial charge in [0.15, 0.2) is 0 Å². The number of aliphatic imine (C=N–C) groups is 1.